The van der Waals surface area contributed by atoms with Gasteiger partial charge in [0.25, 0.3) is 11.8 Å². The summed E-state index contributed by atoms with van der Waals surface area (Å²) < 4.78 is 0. The van der Waals surface area contributed by atoms with Crippen molar-refractivity contribution in [3.05, 3.63) is 51.9 Å². The van der Waals surface area contributed by atoms with E-state index >= 15 is 0 Å². The van der Waals surface area contributed by atoms with E-state index in [0.717, 1.165) is 36.1 Å². The van der Waals surface area contributed by atoms with Crippen LogP contribution in [0.2, 0.25) is 0 Å². The van der Waals surface area contributed by atoms with Crippen LogP contribution in [0.4, 0.5) is 5.00 Å². The Kier molecular flexibility index (Phi) is 6.03. The number of aliphatic hydroxyl groups excluding tert-OH is 2. The van der Waals surface area contributed by atoms with Crippen molar-refractivity contribution in [2.45, 2.75) is 31.8 Å². The van der Waals surface area contributed by atoms with Gasteiger partial charge in [-0.05, 0) is 43.4 Å². The van der Waals surface area contributed by atoms with Crippen molar-refractivity contribution >= 4 is 28.2 Å². The average Bonchev–Trinajstić information content (AvgIpc) is 3.04. The Balaban J connectivity index is 1.85. The maximum Gasteiger partial charge on any atom is 0.256 e. The third-order valence-electron chi connectivity index (χ3n) is 4.37. The largest absolute Gasteiger partial charge is 0.394 e. The molecule has 0 radical (unpaired) electrons. The molecule has 26 heavy (non-hydrogen) atoms. The first-order chi connectivity index (χ1) is 12.6. The van der Waals surface area contributed by atoms with E-state index < -0.39 is 12.7 Å². The highest BCUT2D eigenvalue weighted by atomic mass is 32.1. The number of carbonyl (C=O) groups excluding carboxylic acids is 2. The number of aliphatic hydroxyl groups is 2. The molecule has 0 aliphatic heterocycles. The van der Waals surface area contributed by atoms with E-state index in [0.29, 0.717) is 16.1 Å². The summed E-state index contributed by atoms with van der Waals surface area (Å²) in [6, 6.07) is 8.86. The molecule has 6 nitrogen and oxygen atoms in total. The van der Waals surface area contributed by atoms with Gasteiger partial charge in [-0.3, -0.25) is 9.59 Å². The van der Waals surface area contributed by atoms with E-state index in [1.807, 2.05) is 6.07 Å². The van der Waals surface area contributed by atoms with E-state index in [1.165, 1.54) is 11.3 Å². The molecular formula is C19H22N2O4S. The summed E-state index contributed by atoms with van der Waals surface area (Å²) in [7, 11) is 0. The summed E-state index contributed by atoms with van der Waals surface area (Å²) >= 11 is 1.45. The molecule has 1 aromatic heterocycles. The number of hydrogen-bond acceptors (Lipinski definition) is 5. The van der Waals surface area contributed by atoms with Gasteiger partial charge in [-0.15, -0.1) is 11.3 Å². The second kappa shape index (κ2) is 8.44. The van der Waals surface area contributed by atoms with Crippen LogP contribution in [0.3, 0.4) is 0 Å². The predicted octanol–water partition coefficient (Wildman–Crippen LogP) is 1.96. The van der Waals surface area contributed by atoms with Gasteiger partial charge in [-0.1, -0.05) is 18.2 Å². The van der Waals surface area contributed by atoms with Crippen molar-refractivity contribution in [3.63, 3.8) is 0 Å². The Labute approximate surface area is 155 Å². The van der Waals surface area contributed by atoms with Crippen LogP contribution in [-0.4, -0.2) is 41.3 Å². The van der Waals surface area contributed by atoms with Crippen molar-refractivity contribution in [2.75, 3.05) is 18.5 Å². The molecule has 3 rings (SSSR count). The molecule has 1 heterocycles. The van der Waals surface area contributed by atoms with E-state index in [4.69, 9.17) is 5.11 Å². The van der Waals surface area contributed by atoms with Crippen molar-refractivity contribution in [1.82, 2.24) is 5.32 Å². The zero-order chi connectivity index (χ0) is 18.5. The fourth-order valence-electron chi connectivity index (χ4n) is 3.02. The van der Waals surface area contributed by atoms with Gasteiger partial charge in [-0.25, -0.2) is 0 Å². The highest BCUT2D eigenvalue weighted by Crippen LogP contribution is 2.38. The molecule has 7 heteroatoms. The Morgan fingerprint density at radius 2 is 1.85 bits per heavy atom. The summed E-state index contributed by atoms with van der Waals surface area (Å²) in [6.07, 6.45) is 2.79. The Morgan fingerprint density at radius 1 is 1.12 bits per heavy atom. The smallest absolute Gasteiger partial charge is 0.256 e. The summed E-state index contributed by atoms with van der Waals surface area (Å²) in [5.41, 5.74) is 2.00. The lowest BCUT2D eigenvalue weighted by Gasteiger charge is -2.14. The third-order valence-corrected chi connectivity index (χ3v) is 5.58. The molecule has 0 saturated carbocycles. The first-order valence-electron chi connectivity index (χ1n) is 8.68. The van der Waals surface area contributed by atoms with E-state index in [1.54, 1.807) is 24.3 Å². The number of amides is 2. The lowest BCUT2D eigenvalue weighted by molar-refractivity contribution is 0.0802. The Hall–Kier alpha value is -2.22. The molecule has 138 valence electrons. The van der Waals surface area contributed by atoms with Gasteiger partial charge in [0, 0.05) is 17.0 Å². The molecular weight excluding hydrogens is 352 g/mol. The van der Waals surface area contributed by atoms with Crippen molar-refractivity contribution < 1.29 is 19.8 Å². The van der Waals surface area contributed by atoms with Crippen LogP contribution in [0, 0.1) is 0 Å². The van der Waals surface area contributed by atoms with Crippen LogP contribution in [-0.2, 0) is 12.8 Å². The van der Waals surface area contributed by atoms with Gasteiger partial charge < -0.3 is 20.8 Å². The molecule has 0 bridgehead atoms. The molecule has 1 atom stereocenters. The van der Waals surface area contributed by atoms with Gasteiger partial charge in [0.05, 0.1) is 18.3 Å². The molecule has 0 saturated heterocycles. The molecule has 2 aromatic rings. The summed E-state index contributed by atoms with van der Waals surface area (Å²) in [6.45, 7) is -0.453. The number of nitrogens with one attached hydrogen (secondary N) is 2. The Morgan fingerprint density at radius 3 is 2.58 bits per heavy atom. The average molecular weight is 374 g/mol. The SMILES string of the molecule is O=C(Nc1sc2c(c1C(=O)NC[C@@H](O)CO)CCCC2)c1ccccc1. The van der Waals surface area contributed by atoms with Crippen molar-refractivity contribution in [3.8, 4) is 0 Å². The molecule has 0 unspecified atom stereocenters. The zero-order valence-electron chi connectivity index (χ0n) is 14.3. The topological polar surface area (TPSA) is 98.7 Å². The van der Waals surface area contributed by atoms with Crippen LogP contribution in [0.15, 0.2) is 30.3 Å². The molecule has 2 amide bonds. The number of carbonyl (C=O) groups is 2. The number of fused-ring (bicyclic) bond motifs is 1. The first-order valence-corrected chi connectivity index (χ1v) is 9.50. The first kappa shape index (κ1) is 18.6. The molecule has 4 N–H and O–H groups in total. The summed E-state index contributed by atoms with van der Waals surface area (Å²) in [4.78, 5) is 26.3. The van der Waals surface area contributed by atoms with E-state index in [9.17, 15) is 14.7 Å². The fourth-order valence-corrected chi connectivity index (χ4v) is 4.30. The Bertz CT molecular complexity index is 788. The summed E-state index contributed by atoms with van der Waals surface area (Å²) in [5.74, 6) is -0.589. The van der Waals surface area contributed by atoms with Gasteiger partial charge in [0.15, 0.2) is 0 Å². The second-order valence-electron chi connectivity index (χ2n) is 6.28. The minimum atomic E-state index is -1.00. The van der Waals surface area contributed by atoms with Crippen LogP contribution in [0.1, 0.15) is 44.0 Å². The van der Waals surface area contributed by atoms with Gasteiger partial charge in [0.2, 0.25) is 0 Å². The minimum absolute atomic E-state index is 0.0357. The minimum Gasteiger partial charge on any atom is -0.394 e. The number of rotatable bonds is 6. The highest BCUT2D eigenvalue weighted by Gasteiger charge is 2.26. The molecule has 0 fully saturated rings. The second-order valence-corrected chi connectivity index (χ2v) is 7.39. The van der Waals surface area contributed by atoms with Crippen molar-refractivity contribution in [1.29, 1.82) is 0 Å². The van der Waals surface area contributed by atoms with Crippen LogP contribution in [0.5, 0.6) is 0 Å². The van der Waals surface area contributed by atoms with Gasteiger partial charge in [-0.2, -0.15) is 0 Å². The van der Waals surface area contributed by atoms with Gasteiger partial charge >= 0.3 is 0 Å². The quantitative estimate of drug-likeness (QED) is 0.621. The number of benzene rings is 1. The molecule has 0 spiro atoms. The predicted molar refractivity (Wildman–Crippen MR) is 101 cm³/mol. The summed E-state index contributed by atoms with van der Waals surface area (Å²) in [5, 5.41) is 24.5. The maximum absolute atomic E-state index is 12.7. The third kappa shape index (κ3) is 4.12. The standard InChI is InChI=1S/C19H22N2O4S/c22-11-13(23)10-20-18(25)16-14-8-4-5-9-15(14)26-19(16)21-17(24)12-6-2-1-3-7-12/h1-3,6-7,13,22-23H,4-5,8-11H2,(H,20,25)(H,21,24)/t13-/m1/s1. The highest BCUT2D eigenvalue weighted by molar-refractivity contribution is 7.17. The number of aryl methyl sites for hydroxylation is 1. The number of thiophene rings is 1. The van der Waals surface area contributed by atoms with E-state index in [2.05, 4.69) is 10.6 Å². The number of hydrogen-bond donors (Lipinski definition) is 4. The maximum atomic E-state index is 12.7. The monoisotopic (exact) mass is 374 g/mol. The van der Waals surface area contributed by atoms with E-state index in [-0.39, 0.29) is 18.4 Å². The lowest BCUT2D eigenvalue weighted by Crippen LogP contribution is -2.34. The normalized spacial score (nSPS) is 14.4. The van der Waals surface area contributed by atoms with Crippen LogP contribution in [0.25, 0.3) is 0 Å². The van der Waals surface area contributed by atoms with Gasteiger partial charge in [0.1, 0.15) is 5.00 Å². The van der Waals surface area contributed by atoms with Crippen LogP contribution >= 0.6 is 11.3 Å². The van der Waals surface area contributed by atoms with Crippen LogP contribution < -0.4 is 10.6 Å². The molecule has 1 aromatic carbocycles. The number of anilines is 1. The molecule has 1 aliphatic carbocycles. The molecule has 1 aliphatic rings. The lowest BCUT2D eigenvalue weighted by atomic mass is 9.95. The zero-order valence-corrected chi connectivity index (χ0v) is 15.1. The van der Waals surface area contributed by atoms with Crippen molar-refractivity contribution in [2.24, 2.45) is 0 Å². The fraction of sp³-hybridized carbons (Fsp3) is 0.368.